The molecular formula is C16H23NOS. The molecule has 1 heterocycles. The summed E-state index contributed by atoms with van der Waals surface area (Å²) in [6.07, 6.45) is 7.47. The molecule has 19 heavy (non-hydrogen) atoms. The van der Waals surface area contributed by atoms with Crippen LogP contribution >= 0.6 is 11.8 Å². The number of ether oxygens (including phenoxy) is 1. The second-order valence-electron chi connectivity index (χ2n) is 5.82. The molecule has 1 aliphatic heterocycles. The predicted molar refractivity (Wildman–Crippen MR) is 81.8 cm³/mol. The number of hydrogen-bond acceptors (Lipinski definition) is 3. The van der Waals surface area contributed by atoms with Gasteiger partial charge in [0.25, 0.3) is 0 Å². The molecule has 2 aliphatic rings. The quantitative estimate of drug-likeness (QED) is 0.915. The van der Waals surface area contributed by atoms with Gasteiger partial charge in [0, 0.05) is 16.9 Å². The van der Waals surface area contributed by atoms with Crippen LogP contribution in [0.4, 0.5) is 0 Å². The number of rotatable bonds is 3. The average Bonchev–Trinajstić information content (AvgIpc) is 2.88. The van der Waals surface area contributed by atoms with Crippen molar-refractivity contribution in [3.63, 3.8) is 0 Å². The summed E-state index contributed by atoms with van der Waals surface area (Å²) in [5, 5.41) is 0. The van der Waals surface area contributed by atoms with Gasteiger partial charge in [-0.2, -0.15) is 11.8 Å². The fourth-order valence-corrected chi connectivity index (χ4v) is 4.27. The molecule has 0 bridgehead atoms. The van der Waals surface area contributed by atoms with E-state index in [0.717, 1.165) is 24.3 Å². The summed E-state index contributed by atoms with van der Waals surface area (Å²) in [4.78, 5) is 0. The van der Waals surface area contributed by atoms with E-state index in [1.807, 2.05) is 11.8 Å². The molecule has 2 N–H and O–H groups in total. The van der Waals surface area contributed by atoms with E-state index in [4.69, 9.17) is 10.5 Å². The minimum Gasteiger partial charge on any atom is -0.489 e. The monoisotopic (exact) mass is 277 g/mol. The number of para-hydroxylation sites is 1. The summed E-state index contributed by atoms with van der Waals surface area (Å²) in [7, 11) is 0. The van der Waals surface area contributed by atoms with Crippen LogP contribution in [-0.4, -0.2) is 17.6 Å². The van der Waals surface area contributed by atoms with Crippen LogP contribution in [0.1, 0.15) is 44.1 Å². The van der Waals surface area contributed by atoms with Crippen molar-refractivity contribution in [3.8, 4) is 5.75 Å². The Kier molecular flexibility index (Phi) is 4.04. The molecule has 1 atom stereocenters. The van der Waals surface area contributed by atoms with Crippen LogP contribution < -0.4 is 10.5 Å². The van der Waals surface area contributed by atoms with Gasteiger partial charge in [-0.15, -0.1) is 0 Å². The Bertz CT molecular complexity index is 423. The van der Waals surface area contributed by atoms with Gasteiger partial charge in [-0.1, -0.05) is 31.0 Å². The maximum absolute atomic E-state index is 6.60. The minimum atomic E-state index is -0.154. The molecule has 3 heteroatoms. The number of benzene rings is 1. The highest BCUT2D eigenvalue weighted by atomic mass is 32.2. The maximum atomic E-state index is 6.60. The number of nitrogens with two attached hydrogens (primary N) is 1. The molecule has 1 aromatic carbocycles. The van der Waals surface area contributed by atoms with Crippen molar-refractivity contribution >= 4 is 11.8 Å². The van der Waals surface area contributed by atoms with Gasteiger partial charge in [0.05, 0.1) is 0 Å². The molecule has 0 amide bonds. The van der Waals surface area contributed by atoms with Crippen molar-refractivity contribution in [1.29, 1.82) is 0 Å². The van der Waals surface area contributed by atoms with Crippen LogP contribution in [0.5, 0.6) is 5.75 Å². The van der Waals surface area contributed by atoms with E-state index in [9.17, 15) is 0 Å². The molecule has 3 rings (SSSR count). The fraction of sp³-hybridized carbons (Fsp3) is 0.625. The third-order valence-electron chi connectivity index (χ3n) is 4.33. The van der Waals surface area contributed by atoms with Gasteiger partial charge in [-0.3, -0.25) is 0 Å². The van der Waals surface area contributed by atoms with Crippen molar-refractivity contribution in [3.05, 3.63) is 29.8 Å². The summed E-state index contributed by atoms with van der Waals surface area (Å²) in [6.45, 7) is 0. The number of thioether (sulfide) groups is 1. The third kappa shape index (κ3) is 2.92. The largest absolute Gasteiger partial charge is 0.489 e. The van der Waals surface area contributed by atoms with Crippen LogP contribution in [0.25, 0.3) is 0 Å². The predicted octanol–water partition coefficient (Wildman–Crippen LogP) is 3.69. The fourth-order valence-electron chi connectivity index (χ4n) is 3.24. The second kappa shape index (κ2) is 5.76. The first-order chi connectivity index (χ1) is 9.28. The minimum absolute atomic E-state index is 0.154. The van der Waals surface area contributed by atoms with E-state index in [-0.39, 0.29) is 5.54 Å². The van der Waals surface area contributed by atoms with Crippen LogP contribution in [0.3, 0.4) is 0 Å². The molecular weight excluding hydrogens is 254 g/mol. The van der Waals surface area contributed by atoms with Crippen LogP contribution in [0.2, 0.25) is 0 Å². The van der Waals surface area contributed by atoms with E-state index >= 15 is 0 Å². The Morgan fingerprint density at radius 1 is 1.16 bits per heavy atom. The summed E-state index contributed by atoms with van der Waals surface area (Å²) in [6, 6.07) is 8.41. The molecule has 1 saturated heterocycles. The summed E-state index contributed by atoms with van der Waals surface area (Å²) in [5.41, 5.74) is 7.67. The van der Waals surface area contributed by atoms with Gasteiger partial charge >= 0.3 is 0 Å². The van der Waals surface area contributed by atoms with Gasteiger partial charge < -0.3 is 10.5 Å². The first kappa shape index (κ1) is 13.3. The first-order valence-electron chi connectivity index (χ1n) is 7.41. The third-order valence-corrected chi connectivity index (χ3v) is 5.52. The SMILES string of the molecule is NC1(c2ccccc2OC2CCCSC2)CCCC1. The summed E-state index contributed by atoms with van der Waals surface area (Å²) in [5.74, 6) is 3.42. The van der Waals surface area contributed by atoms with Crippen LogP contribution in [-0.2, 0) is 5.54 Å². The summed E-state index contributed by atoms with van der Waals surface area (Å²) >= 11 is 2.00. The average molecular weight is 277 g/mol. The molecule has 1 unspecified atom stereocenters. The maximum Gasteiger partial charge on any atom is 0.124 e. The van der Waals surface area contributed by atoms with Crippen LogP contribution in [0, 0.1) is 0 Å². The molecule has 2 nitrogen and oxygen atoms in total. The molecule has 2 fully saturated rings. The zero-order chi connectivity index (χ0) is 13.1. The molecule has 1 aliphatic carbocycles. The van der Waals surface area contributed by atoms with Crippen molar-refractivity contribution < 1.29 is 4.74 Å². The highest BCUT2D eigenvalue weighted by molar-refractivity contribution is 7.99. The Hall–Kier alpha value is -0.670. The standard InChI is InChI=1S/C16H23NOS/c17-16(9-3-4-10-16)14-7-1-2-8-15(14)18-13-6-5-11-19-12-13/h1-2,7-8,13H,3-6,9-12,17H2. The Morgan fingerprint density at radius 2 is 1.95 bits per heavy atom. The summed E-state index contributed by atoms with van der Waals surface area (Å²) < 4.78 is 6.26. The lowest BCUT2D eigenvalue weighted by Gasteiger charge is -2.29. The second-order valence-corrected chi connectivity index (χ2v) is 6.97. The van der Waals surface area contributed by atoms with E-state index < -0.39 is 0 Å². The molecule has 104 valence electrons. The molecule has 0 spiro atoms. The highest BCUT2D eigenvalue weighted by Crippen LogP contribution is 2.41. The zero-order valence-electron chi connectivity index (χ0n) is 11.4. The van der Waals surface area contributed by atoms with Crippen molar-refractivity contribution in [2.24, 2.45) is 5.73 Å². The van der Waals surface area contributed by atoms with Gasteiger partial charge in [0.15, 0.2) is 0 Å². The van der Waals surface area contributed by atoms with E-state index in [0.29, 0.717) is 6.10 Å². The zero-order valence-corrected chi connectivity index (χ0v) is 12.3. The first-order valence-corrected chi connectivity index (χ1v) is 8.56. The lowest BCUT2D eigenvalue weighted by atomic mass is 9.88. The lowest BCUT2D eigenvalue weighted by Crippen LogP contribution is -2.34. The smallest absolute Gasteiger partial charge is 0.124 e. The molecule has 0 radical (unpaired) electrons. The Balaban J connectivity index is 1.80. The molecule has 1 saturated carbocycles. The Labute approximate surface area is 120 Å². The van der Waals surface area contributed by atoms with Crippen molar-refractivity contribution in [2.45, 2.75) is 50.2 Å². The molecule has 1 aromatic rings. The highest BCUT2D eigenvalue weighted by Gasteiger charge is 2.34. The van der Waals surface area contributed by atoms with Gasteiger partial charge in [0.1, 0.15) is 11.9 Å². The van der Waals surface area contributed by atoms with E-state index in [1.54, 1.807) is 0 Å². The normalized spacial score (nSPS) is 26.3. The van der Waals surface area contributed by atoms with Crippen LogP contribution in [0.15, 0.2) is 24.3 Å². The molecule has 0 aromatic heterocycles. The van der Waals surface area contributed by atoms with E-state index in [1.165, 1.54) is 37.0 Å². The lowest BCUT2D eigenvalue weighted by molar-refractivity contribution is 0.205. The topological polar surface area (TPSA) is 35.2 Å². The van der Waals surface area contributed by atoms with Gasteiger partial charge in [-0.05, 0) is 37.5 Å². The Morgan fingerprint density at radius 3 is 2.68 bits per heavy atom. The van der Waals surface area contributed by atoms with Gasteiger partial charge in [0.2, 0.25) is 0 Å². The number of hydrogen-bond donors (Lipinski definition) is 1. The van der Waals surface area contributed by atoms with E-state index in [2.05, 4.69) is 24.3 Å². The van der Waals surface area contributed by atoms with Crippen molar-refractivity contribution in [2.75, 3.05) is 11.5 Å². The van der Waals surface area contributed by atoms with Crippen molar-refractivity contribution in [1.82, 2.24) is 0 Å². The van der Waals surface area contributed by atoms with Gasteiger partial charge in [-0.25, -0.2) is 0 Å².